The maximum atomic E-state index is 12.1. The van der Waals surface area contributed by atoms with Crippen LogP contribution in [0.1, 0.15) is 43.4 Å². The van der Waals surface area contributed by atoms with Crippen LogP contribution in [-0.4, -0.2) is 58.8 Å². The molecule has 1 atom stereocenters. The molecule has 1 unspecified atom stereocenters. The summed E-state index contributed by atoms with van der Waals surface area (Å²) in [6.07, 6.45) is 0.269. The number of aryl methyl sites for hydroxylation is 1. The second-order valence-corrected chi connectivity index (χ2v) is 7.06. The van der Waals surface area contributed by atoms with Gasteiger partial charge in [0, 0.05) is 30.9 Å². The number of alkyl halides is 3. The molecule has 1 aromatic heterocycles. The Morgan fingerprint density at radius 2 is 1.79 bits per heavy atom. The average molecular weight is 417 g/mol. The predicted octanol–water partition coefficient (Wildman–Crippen LogP) is 2.41. The van der Waals surface area contributed by atoms with E-state index in [0.717, 1.165) is 61.9 Å². The van der Waals surface area contributed by atoms with Crippen molar-refractivity contribution in [1.82, 2.24) is 15.3 Å². The smallest absolute Gasteiger partial charge is 0.475 e. The summed E-state index contributed by atoms with van der Waals surface area (Å²) in [6, 6.07) is -0.193. The predicted molar refractivity (Wildman–Crippen MR) is 101 cm³/mol. The summed E-state index contributed by atoms with van der Waals surface area (Å²) in [7, 11) is 0. The first-order chi connectivity index (χ1) is 13.6. The number of nitrogens with one attached hydrogen (secondary N) is 2. The number of carbonyl (C=O) groups excluding carboxylic acids is 1. The van der Waals surface area contributed by atoms with E-state index in [4.69, 9.17) is 14.9 Å². The first-order valence-electron chi connectivity index (χ1n) is 9.54. The lowest BCUT2D eigenvalue weighted by Crippen LogP contribution is -2.38. The van der Waals surface area contributed by atoms with Crippen molar-refractivity contribution < 1.29 is 27.9 Å². The Morgan fingerprint density at radius 1 is 1.17 bits per heavy atom. The second-order valence-electron chi connectivity index (χ2n) is 7.06. The average Bonchev–Trinajstić information content (AvgIpc) is 3.10. The molecular formula is C18H26F3N5O3. The lowest BCUT2D eigenvalue weighted by molar-refractivity contribution is -0.192. The molecule has 3 heterocycles. The highest BCUT2D eigenvalue weighted by Gasteiger charge is 2.38. The van der Waals surface area contributed by atoms with Crippen LogP contribution in [0.3, 0.4) is 0 Å². The van der Waals surface area contributed by atoms with Crippen LogP contribution in [0.2, 0.25) is 0 Å². The van der Waals surface area contributed by atoms with Gasteiger partial charge in [0.1, 0.15) is 11.9 Å². The van der Waals surface area contributed by atoms with Gasteiger partial charge in [-0.3, -0.25) is 4.79 Å². The zero-order valence-electron chi connectivity index (χ0n) is 16.5. The zero-order chi connectivity index (χ0) is 21.6. The number of nitrogens with zero attached hydrogens (tertiary/aromatic N) is 3. The standard InChI is InChI=1S/C16H25N5O.C2HF3O2/c1-11-12(2)18-16(21-9-5-6-10-21)20-14(11)19-13-7-3-4-8-17-15(13)22;3-2(4,5)1(6)7/h13H,3-10H2,1-2H3,(H,17,22)(H,18,19,20);(H,6,7). The molecule has 0 spiro atoms. The topological polar surface area (TPSA) is 107 Å². The van der Waals surface area contributed by atoms with E-state index in [1.165, 1.54) is 12.8 Å². The van der Waals surface area contributed by atoms with Crippen molar-refractivity contribution in [3.63, 3.8) is 0 Å². The van der Waals surface area contributed by atoms with Crippen LogP contribution >= 0.6 is 0 Å². The van der Waals surface area contributed by atoms with Crippen LogP contribution in [0.25, 0.3) is 0 Å². The number of anilines is 2. The van der Waals surface area contributed by atoms with Crippen molar-refractivity contribution >= 4 is 23.6 Å². The Bertz CT molecular complexity index is 736. The van der Waals surface area contributed by atoms with Crippen molar-refractivity contribution in [3.8, 4) is 0 Å². The molecule has 162 valence electrons. The van der Waals surface area contributed by atoms with Crippen molar-refractivity contribution in [2.45, 2.75) is 58.2 Å². The minimum absolute atomic E-state index is 0.0795. The first kappa shape index (κ1) is 22.7. The normalized spacial score (nSPS) is 19.7. The van der Waals surface area contributed by atoms with Crippen LogP contribution in [0, 0.1) is 13.8 Å². The van der Waals surface area contributed by atoms with Gasteiger partial charge in [-0.25, -0.2) is 9.78 Å². The third kappa shape index (κ3) is 6.47. The molecule has 0 aliphatic carbocycles. The number of hydrogen-bond donors (Lipinski definition) is 3. The molecule has 11 heteroatoms. The monoisotopic (exact) mass is 417 g/mol. The highest BCUT2D eigenvalue weighted by molar-refractivity contribution is 5.84. The summed E-state index contributed by atoms with van der Waals surface area (Å²) in [6.45, 7) is 6.84. The summed E-state index contributed by atoms with van der Waals surface area (Å²) >= 11 is 0. The summed E-state index contributed by atoms with van der Waals surface area (Å²) in [5.74, 6) is -1.09. The van der Waals surface area contributed by atoms with E-state index in [1.54, 1.807) is 0 Å². The minimum Gasteiger partial charge on any atom is -0.475 e. The molecule has 0 radical (unpaired) electrons. The Hall–Kier alpha value is -2.59. The quantitative estimate of drug-likeness (QED) is 0.693. The molecule has 2 aliphatic rings. The fourth-order valence-corrected chi connectivity index (χ4v) is 3.06. The summed E-state index contributed by atoms with van der Waals surface area (Å²) < 4.78 is 31.7. The van der Waals surface area contributed by atoms with E-state index in [0.29, 0.717) is 0 Å². The summed E-state index contributed by atoms with van der Waals surface area (Å²) in [4.78, 5) is 32.6. The third-order valence-electron chi connectivity index (χ3n) is 4.86. The zero-order valence-corrected chi connectivity index (χ0v) is 16.5. The van der Waals surface area contributed by atoms with Gasteiger partial charge < -0.3 is 20.6 Å². The van der Waals surface area contributed by atoms with Crippen LogP contribution < -0.4 is 15.5 Å². The van der Waals surface area contributed by atoms with Gasteiger partial charge in [-0.1, -0.05) is 0 Å². The number of rotatable bonds is 3. The Labute approximate surface area is 166 Å². The highest BCUT2D eigenvalue weighted by Crippen LogP contribution is 2.23. The van der Waals surface area contributed by atoms with Gasteiger partial charge in [0.2, 0.25) is 11.9 Å². The molecule has 8 nitrogen and oxygen atoms in total. The Balaban J connectivity index is 0.000000370. The van der Waals surface area contributed by atoms with Gasteiger partial charge in [-0.05, 0) is 46.0 Å². The molecule has 2 fully saturated rings. The SMILES string of the molecule is Cc1nc(N2CCCC2)nc(NC2CCCCNC2=O)c1C.O=C(O)C(F)(F)F. The maximum absolute atomic E-state index is 12.1. The van der Waals surface area contributed by atoms with Gasteiger partial charge >= 0.3 is 12.1 Å². The van der Waals surface area contributed by atoms with Crippen LogP contribution in [-0.2, 0) is 9.59 Å². The van der Waals surface area contributed by atoms with E-state index < -0.39 is 12.1 Å². The van der Waals surface area contributed by atoms with Gasteiger partial charge in [0.15, 0.2) is 0 Å². The summed E-state index contributed by atoms with van der Waals surface area (Å²) in [5, 5.41) is 13.4. The van der Waals surface area contributed by atoms with E-state index in [1.807, 2.05) is 13.8 Å². The van der Waals surface area contributed by atoms with Gasteiger partial charge in [-0.2, -0.15) is 18.2 Å². The second kappa shape index (κ2) is 9.75. The van der Waals surface area contributed by atoms with Gasteiger partial charge in [-0.15, -0.1) is 0 Å². The lowest BCUT2D eigenvalue weighted by Gasteiger charge is -2.21. The molecule has 1 amide bonds. The Kier molecular flexibility index (Phi) is 7.63. The number of carboxylic acids is 1. The first-order valence-corrected chi connectivity index (χ1v) is 9.54. The number of aromatic nitrogens is 2. The molecule has 1 aromatic rings. The molecule has 2 aliphatic heterocycles. The third-order valence-corrected chi connectivity index (χ3v) is 4.86. The molecular weight excluding hydrogens is 391 g/mol. The Morgan fingerprint density at radius 3 is 2.38 bits per heavy atom. The van der Waals surface area contributed by atoms with Crippen molar-refractivity contribution in [2.75, 3.05) is 29.9 Å². The fourth-order valence-electron chi connectivity index (χ4n) is 3.06. The molecule has 0 saturated carbocycles. The number of amides is 1. The van der Waals surface area contributed by atoms with Gasteiger partial charge in [0.25, 0.3) is 0 Å². The molecule has 3 rings (SSSR count). The van der Waals surface area contributed by atoms with Crippen LogP contribution in [0.5, 0.6) is 0 Å². The maximum Gasteiger partial charge on any atom is 0.490 e. The number of aliphatic carboxylic acids is 1. The molecule has 2 saturated heterocycles. The van der Waals surface area contributed by atoms with Crippen molar-refractivity contribution in [2.24, 2.45) is 0 Å². The number of halogens is 3. The molecule has 29 heavy (non-hydrogen) atoms. The molecule has 0 aromatic carbocycles. The number of hydrogen-bond acceptors (Lipinski definition) is 6. The van der Waals surface area contributed by atoms with Crippen LogP contribution in [0.15, 0.2) is 0 Å². The lowest BCUT2D eigenvalue weighted by atomic mass is 10.1. The fraction of sp³-hybridized carbons (Fsp3) is 0.667. The van der Waals surface area contributed by atoms with Crippen LogP contribution in [0.4, 0.5) is 24.9 Å². The largest absolute Gasteiger partial charge is 0.490 e. The molecule has 0 bridgehead atoms. The van der Waals surface area contributed by atoms with E-state index in [2.05, 4.69) is 20.5 Å². The minimum atomic E-state index is -5.08. The van der Waals surface area contributed by atoms with Crippen molar-refractivity contribution in [3.05, 3.63) is 11.3 Å². The van der Waals surface area contributed by atoms with E-state index >= 15 is 0 Å². The number of carbonyl (C=O) groups is 2. The van der Waals surface area contributed by atoms with Crippen molar-refractivity contribution in [1.29, 1.82) is 0 Å². The van der Waals surface area contributed by atoms with E-state index in [9.17, 15) is 18.0 Å². The molecule has 3 N–H and O–H groups in total. The summed E-state index contributed by atoms with van der Waals surface area (Å²) in [5.41, 5.74) is 2.01. The highest BCUT2D eigenvalue weighted by atomic mass is 19.4. The number of carboxylic acid groups (broad SMARTS) is 1. The van der Waals surface area contributed by atoms with Gasteiger partial charge in [0.05, 0.1) is 0 Å². The van der Waals surface area contributed by atoms with E-state index in [-0.39, 0.29) is 11.9 Å².